The highest BCUT2D eigenvalue weighted by atomic mass is 16.5. The summed E-state index contributed by atoms with van der Waals surface area (Å²) in [6.45, 7) is 6.78. The summed E-state index contributed by atoms with van der Waals surface area (Å²) >= 11 is 0. The van der Waals surface area contributed by atoms with Crippen LogP contribution in [0.2, 0.25) is 0 Å². The summed E-state index contributed by atoms with van der Waals surface area (Å²) in [7, 11) is 1.71. The second-order valence-electron chi connectivity index (χ2n) is 5.23. The van der Waals surface area contributed by atoms with Crippen LogP contribution in [0.1, 0.15) is 23.4 Å². The fourth-order valence-corrected chi connectivity index (χ4v) is 2.41. The quantitative estimate of drug-likeness (QED) is 0.758. The molecule has 2 rings (SSSR count). The van der Waals surface area contributed by atoms with E-state index in [1.165, 1.54) is 11.1 Å². The first-order valence-electron chi connectivity index (χ1n) is 7.43. The molecule has 1 aromatic heterocycles. The van der Waals surface area contributed by atoms with Gasteiger partial charge in [-0.3, -0.25) is 0 Å². The molecule has 114 valence electrons. The first-order chi connectivity index (χ1) is 10.2. The van der Waals surface area contributed by atoms with Crippen molar-refractivity contribution in [3.63, 3.8) is 0 Å². The Hall–Kier alpha value is -1.65. The Bertz CT molecular complexity index is 543. The fourth-order valence-electron chi connectivity index (χ4n) is 2.41. The van der Waals surface area contributed by atoms with Crippen molar-refractivity contribution in [2.24, 2.45) is 0 Å². The van der Waals surface area contributed by atoms with Crippen LogP contribution in [0.3, 0.4) is 0 Å². The zero-order chi connectivity index (χ0) is 15.1. The molecule has 0 atom stereocenters. The van der Waals surface area contributed by atoms with Crippen molar-refractivity contribution < 1.29 is 9.15 Å². The van der Waals surface area contributed by atoms with Crippen LogP contribution in [0.25, 0.3) is 11.3 Å². The Morgan fingerprint density at radius 2 is 1.95 bits per heavy atom. The first-order valence-corrected chi connectivity index (χ1v) is 7.43. The van der Waals surface area contributed by atoms with Crippen molar-refractivity contribution in [3.8, 4) is 11.3 Å². The summed E-state index contributed by atoms with van der Waals surface area (Å²) < 4.78 is 10.9. The molecule has 21 heavy (non-hydrogen) atoms. The predicted octanol–water partition coefficient (Wildman–Crippen LogP) is 3.13. The molecule has 0 amide bonds. The molecule has 0 bridgehead atoms. The van der Waals surface area contributed by atoms with Crippen molar-refractivity contribution in [3.05, 3.63) is 41.4 Å². The highest BCUT2D eigenvalue weighted by Crippen LogP contribution is 2.27. The summed E-state index contributed by atoms with van der Waals surface area (Å²) in [6, 6.07) is 6.27. The van der Waals surface area contributed by atoms with E-state index in [2.05, 4.69) is 42.3 Å². The highest BCUT2D eigenvalue weighted by molar-refractivity contribution is 5.65. The number of hydrogen-bond acceptors (Lipinski definition) is 4. The lowest BCUT2D eigenvalue weighted by atomic mass is 10.0. The van der Waals surface area contributed by atoms with Gasteiger partial charge in [-0.05, 0) is 37.9 Å². The number of oxazole rings is 1. The Balaban J connectivity index is 1.90. The molecule has 0 unspecified atom stereocenters. The van der Waals surface area contributed by atoms with E-state index in [0.717, 1.165) is 49.8 Å². The van der Waals surface area contributed by atoms with Gasteiger partial charge in [0.05, 0.1) is 12.8 Å². The Morgan fingerprint density at radius 1 is 1.19 bits per heavy atom. The van der Waals surface area contributed by atoms with Crippen molar-refractivity contribution in [2.45, 2.75) is 26.7 Å². The molecule has 1 heterocycles. The second-order valence-corrected chi connectivity index (χ2v) is 5.23. The Morgan fingerprint density at radius 3 is 2.67 bits per heavy atom. The second kappa shape index (κ2) is 7.96. The molecule has 0 aliphatic carbocycles. The number of aromatic nitrogens is 1. The van der Waals surface area contributed by atoms with Gasteiger partial charge in [-0.1, -0.05) is 18.2 Å². The minimum atomic E-state index is 0.746. The monoisotopic (exact) mass is 288 g/mol. The van der Waals surface area contributed by atoms with E-state index >= 15 is 0 Å². The number of ether oxygens (including phenoxy) is 1. The Kier molecular flexibility index (Phi) is 5.96. The molecule has 0 aliphatic heterocycles. The molecular weight excluding hydrogens is 264 g/mol. The molecule has 0 aliphatic rings. The van der Waals surface area contributed by atoms with Gasteiger partial charge in [0.25, 0.3) is 0 Å². The number of methoxy groups -OCH3 is 1. The zero-order valence-corrected chi connectivity index (χ0v) is 13.1. The maximum atomic E-state index is 5.90. The van der Waals surface area contributed by atoms with Crippen molar-refractivity contribution >= 4 is 0 Å². The van der Waals surface area contributed by atoms with Crippen LogP contribution < -0.4 is 5.32 Å². The average molecular weight is 288 g/mol. The standard InChI is InChI=1S/C17H24N2O2/c1-13-6-4-7-14(2)17(13)15-12-19-16(21-15)8-5-9-18-10-11-20-3/h4,6-7,12,18H,5,8-11H2,1-3H3. The third kappa shape index (κ3) is 4.41. The highest BCUT2D eigenvalue weighted by Gasteiger charge is 2.10. The molecule has 0 spiro atoms. The molecule has 0 saturated carbocycles. The van der Waals surface area contributed by atoms with E-state index in [-0.39, 0.29) is 0 Å². The lowest BCUT2D eigenvalue weighted by Crippen LogP contribution is -2.20. The van der Waals surface area contributed by atoms with Gasteiger partial charge < -0.3 is 14.5 Å². The van der Waals surface area contributed by atoms with Gasteiger partial charge in [0.15, 0.2) is 11.7 Å². The van der Waals surface area contributed by atoms with Crippen molar-refractivity contribution in [2.75, 3.05) is 26.8 Å². The minimum Gasteiger partial charge on any atom is -0.441 e. The van der Waals surface area contributed by atoms with Crippen LogP contribution in [0.5, 0.6) is 0 Å². The fraction of sp³-hybridized carbons (Fsp3) is 0.471. The summed E-state index contributed by atoms with van der Waals surface area (Å²) in [5, 5.41) is 3.32. The van der Waals surface area contributed by atoms with Gasteiger partial charge in [-0.15, -0.1) is 0 Å². The number of hydrogen-bond donors (Lipinski definition) is 1. The van der Waals surface area contributed by atoms with Crippen LogP contribution in [-0.2, 0) is 11.2 Å². The van der Waals surface area contributed by atoms with Crippen molar-refractivity contribution in [1.82, 2.24) is 10.3 Å². The molecule has 2 aromatic rings. The lowest BCUT2D eigenvalue weighted by Gasteiger charge is -2.05. The van der Waals surface area contributed by atoms with E-state index in [9.17, 15) is 0 Å². The van der Waals surface area contributed by atoms with Crippen LogP contribution >= 0.6 is 0 Å². The van der Waals surface area contributed by atoms with Gasteiger partial charge in [-0.25, -0.2) is 4.98 Å². The van der Waals surface area contributed by atoms with E-state index in [1.807, 2.05) is 6.20 Å². The molecule has 0 fully saturated rings. The maximum absolute atomic E-state index is 5.90. The van der Waals surface area contributed by atoms with Gasteiger partial charge >= 0.3 is 0 Å². The third-order valence-electron chi connectivity index (χ3n) is 3.51. The normalized spacial score (nSPS) is 11.0. The third-order valence-corrected chi connectivity index (χ3v) is 3.51. The minimum absolute atomic E-state index is 0.746. The van der Waals surface area contributed by atoms with E-state index in [1.54, 1.807) is 7.11 Å². The number of nitrogens with zero attached hydrogens (tertiary/aromatic N) is 1. The first kappa shape index (κ1) is 15.7. The van der Waals surface area contributed by atoms with Gasteiger partial charge in [0.2, 0.25) is 0 Å². The van der Waals surface area contributed by atoms with Crippen LogP contribution in [-0.4, -0.2) is 31.8 Å². The van der Waals surface area contributed by atoms with E-state index in [0.29, 0.717) is 0 Å². The molecule has 4 heteroatoms. The average Bonchev–Trinajstić information content (AvgIpc) is 2.91. The summed E-state index contributed by atoms with van der Waals surface area (Å²) in [4.78, 5) is 4.39. The summed E-state index contributed by atoms with van der Waals surface area (Å²) in [5.74, 6) is 1.68. The zero-order valence-electron chi connectivity index (χ0n) is 13.1. The molecule has 0 radical (unpaired) electrons. The number of nitrogens with one attached hydrogen (secondary N) is 1. The number of rotatable bonds is 8. The van der Waals surface area contributed by atoms with Crippen LogP contribution in [0, 0.1) is 13.8 Å². The predicted molar refractivity (Wildman–Crippen MR) is 84.5 cm³/mol. The molecule has 1 N–H and O–H groups in total. The van der Waals surface area contributed by atoms with Crippen LogP contribution in [0.15, 0.2) is 28.8 Å². The molecular formula is C17H24N2O2. The maximum Gasteiger partial charge on any atom is 0.194 e. The summed E-state index contributed by atoms with van der Waals surface area (Å²) in [6.07, 6.45) is 3.70. The van der Waals surface area contributed by atoms with Gasteiger partial charge in [0.1, 0.15) is 0 Å². The Labute approximate surface area is 126 Å². The van der Waals surface area contributed by atoms with Gasteiger partial charge in [0, 0.05) is 25.6 Å². The number of benzene rings is 1. The van der Waals surface area contributed by atoms with E-state index in [4.69, 9.17) is 9.15 Å². The smallest absolute Gasteiger partial charge is 0.194 e. The lowest BCUT2D eigenvalue weighted by molar-refractivity contribution is 0.199. The largest absolute Gasteiger partial charge is 0.441 e. The topological polar surface area (TPSA) is 47.3 Å². The number of aryl methyl sites for hydroxylation is 3. The molecule has 0 saturated heterocycles. The molecule has 1 aromatic carbocycles. The van der Waals surface area contributed by atoms with Gasteiger partial charge in [-0.2, -0.15) is 0 Å². The van der Waals surface area contributed by atoms with Crippen LogP contribution in [0.4, 0.5) is 0 Å². The van der Waals surface area contributed by atoms with E-state index < -0.39 is 0 Å². The molecule has 4 nitrogen and oxygen atoms in total. The SMILES string of the molecule is COCCNCCCc1ncc(-c2c(C)cccc2C)o1. The van der Waals surface area contributed by atoms with Crippen molar-refractivity contribution in [1.29, 1.82) is 0 Å². The summed E-state index contributed by atoms with van der Waals surface area (Å²) in [5.41, 5.74) is 3.60.